The average molecular weight is 293 g/mol. The van der Waals surface area contributed by atoms with Gasteiger partial charge in [0.2, 0.25) is 0 Å². The Morgan fingerprint density at radius 3 is 2.25 bits per heavy atom. The quantitative estimate of drug-likeness (QED) is 0.300. The molecule has 1 atom stereocenters. The van der Waals surface area contributed by atoms with E-state index in [2.05, 4.69) is 52.2 Å². The van der Waals surface area contributed by atoms with Gasteiger partial charge >= 0.3 is 0 Å². The third kappa shape index (κ3) is 7.25. The summed E-state index contributed by atoms with van der Waals surface area (Å²) in [4.78, 5) is 0. The fourth-order valence-corrected chi connectivity index (χ4v) is 4.39. The van der Waals surface area contributed by atoms with E-state index >= 15 is 0 Å². The van der Waals surface area contributed by atoms with Crippen LogP contribution < -0.4 is 0 Å². The maximum absolute atomic E-state index is 5.43. The molecule has 1 fully saturated rings. The van der Waals surface area contributed by atoms with Crippen LogP contribution in [0.4, 0.5) is 0 Å². The Morgan fingerprint density at radius 2 is 1.75 bits per heavy atom. The van der Waals surface area contributed by atoms with Gasteiger partial charge in [0, 0.05) is 8.07 Å². The van der Waals surface area contributed by atoms with Gasteiger partial charge in [0.25, 0.3) is 0 Å². The number of rotatable bonds is 9. The van der Waals surface area contributed by atoms with Crippen LogP contribution in [0.2, 0.25) is 25.7 Å². The highest BCUT2D eigenvalue weighted by atomic mass is 28.3. The van der Waals surface area contributed by atoms with E-state index in [1.54, 1.807) is 5.57 Å². The van der Waals surface area contributed by atoms with Crippen LogP contribution in [0, 0.1) is 0 Å². The SMILES string of the molecule is C=CC1(CC/C=C(\C)CC/C=C(/C)C[Si](C)(C)C)CO1. The first-order valence-corrected chi connectivity index (χ1v) is 11.6. The lowest BCUT2D eigenvalue weighted by atomic mass is 10.0. The van der Waals surface area contributed by atoms with Crippen LogP contribution in [0.3, 0.4) is 0 Å². The third-order valence-corrected chi connectivity index (χ3v) is 5.41. The molecule has 0 aromatic rings. The second-order valence-corrected chi connectivity index (χ2v) is 12.9. The fraction of sp³-hybridized carbons (Fsp3) is 0.667. The average Bonchev–Trinajstić information content (AvgIpc) is 3.07. The lowest BCUT2D eigenvalue weighted by Crippen LogP contribution is -2.19. The molecule has 0 aromatic heterocycles. The molecule has 0 N–H and O–H groups in total. The van der Waals surface area contributed by atoms with E-state index in [1.807, 2.05) is 6.08 Å². The largest absolute Gasteiger partial charge is 0.365 e. The zero-order valence-electron chi connectivity index (χ0n) is 14.1. The molecule has 2 heteroatoms. The maximum Gasteiger partial charge on any atom is 0.110 e. The summed E-state index contributed by atoms with van der Waals surface area (Å²) in [7, 11) is -0.943. The molecule has 0 bridgehead atoms. The number of allylic oxidation sites excluding steroid dienone is 4. The molecule has 1 heterocycles. The van der Waals surface area contributed by atoms with Crippen molar-refractivity contribution in [2.45, 2.75) is 70.8 Å². The van der Waals surface area contributed by atoms with Gasteiger partial charge in [-0.2, -0.15) is 0 Å². The van der Waals surface area contributed by atoms with Gasteiger partial charge in [-0.05, 0) is 45.6 Å². The molecule has 0 aromatic carbocycles. The fourth-order valence-electron chi connectivity index (χ4n) is 2.58. The Kier molecular flexibility index (Phi) is 6.47. The van der Waals surface area contributed by atoms with Gasteiger partial charge < -0.3 is 4.74 Å². The first kappa shape index (κ1) is 17.4. The second-order valence-electron chi connectivity index (χ2n) is 7.47. The molecule has 0 spiro atoms. The number of hydrogen-bond donors (Lipinski definition) is 0. The van der Waals surface area contributed by atoms with Gasteiger partial charge in [-0.1, -0.05) is 49.0 Å². The Morgan fingerprint density at radius 1 is 1.15 bits per heavy atom. The molecule has 20 heavy (non-hydrogen) atoms. The maximum atomic E-state index is 5.43. The number of ether oxygens (including phenoxy) is 1. The predicted molar refractivity (Wildman–Crippen MR) is 93.0 cm³/mol. The zero-order valence-corrected chi connectivity index (χ0v) is 15.1. The summed E-state index contributed by atoms with van der Waals surface area (Å²) < 4.78 is 5.43. The molecular formula is C18H32OSi. The van der Waals surface area contributed by atoms with Gasteiger partial charge in [-0.25, -0.2) is 0 Å². The van der Waals surface area contributed by atoms with E-state index in [4.69, 9.17) is 4.74 Å². The molecule has 1 aliphatic heterocycles. The van der Waals surface area contributed by atoms with E-state index in [1.165, 1.54) is 24.5 Å². The van der Waals surface area contributed by atoms with Crippen LogP contribution in [-0.4, -0.2) is 20.3 Å². The van der Waals surface area contributed by atoms with Crippen molar-refractivity contribution in [3.63, 3.8) is 0 Å². The van der Waals surface area contributed by atoms with E-state index in [0.717, 1.165) is 19.4 Å². The van der Waals surface area contributed by atoms with Crippen molar-refractivity contribution < 1.29 is 4.74 Å². The molecule has 0 saturated carbocycles. The summed E-state index contributed by atoms with van der Waals surface area (Å²) in [5, 5.41) is 0. The summed E-state index contributed by atoms with van der Waals surface area (Å²) in [6.45, 7) is 16.5. The van der Waals surface area contributed by atoms with Crippen LogP contribution in [0.1, 0.15) is 39.5 Å². The predicted octanol–water partition coefficient (Wildman–Crippen LogP) is 5.73. The van der Waals surface area contributed by atoms with Crippen molar-refractivity contribution >= 4 is 8.07 Å². The number of epoxide rings is 1. The topological polar surface area (TPSA) is 12.5 Å². The summed E-state index contributed by atoms with van der Waals surface area (Å²) in [5.41, 5.74) is 3.10. The minimum absolute atomic E-state index is 0.0185. The van der Waals surface area contributed by atoms with Crippen molar-refractivity contribution in [1.82, 2.24) is 0 Å². The highest BCUT2D eigenvalue weighted by Crippen LogP contribution is 2.33. The summed E-state index contributed by atoms with van der Waals surface area (Å²) in [6, 6.07) is 1.33. The smallest absolute Gasteiger partial charge is 0.110 e. The van der Waals surface area contributed by atoms with Crippen molar-refractivity contribution in [2.75, 3.05) is 6.61 Å². The normalized spacial score (nSPS) is 23.9. The molecule has 0 amide bonds. The van der Waals surface area contributed by atoms with E-state index in [-0.39, 0.29) is 5.60 Å². The van der Waals surface area contributed by atoms with E-state index < -0.39 is 8.07 Å². The van der Waals surface area contributed by atoms with Gasteiger partial charge in [-0.15, -0.1) is 6.58 Å². The van der Waals surface area contributed by atoms with Crippen LogP contribution in [0.15, 0.2) is 36.0 Å². The van der Waals surface area contributed by atoms with Crippen molar-refractivity contribution in [2.24, 2.45) is 0 Å². The van der Waals surface area contributed by atoms with Crippen LogP contribution >= 0.6 is 0 Å². The third-order valence-electron chi connectivity index (χ3n) is 3.79. The Bertz CT molecular complexity index is 381. The van der Waals surface area contributed by atoms with Crippen molar-refractivity contribution in [3.8, 4) is 0 Å². The molecule has 1 rings (SSSR count). The molecule has 1 aliphatic rings. The van der Waals surface area contributed by atoms with Crippen LogP contribution in [-0.2, 0) is 4.74 Å². The molecular weight excluding hydrogens is 260 g/mol. The highest BCUT2D eigenvalue weighted by Gasteiger charge is 2.40. The zero-order chi connectivity index (χ0) is 15.2. The molecule has 114 valence electrons. The standard InChI is InChI=1S/C18H32OSi/c1-7-18(15-19-18)13-9-12-16(2)10-8-11-17(3)14-20(4,5)6/h7,11-12H,1,8-10,13-15H2,2-6H3/b16-12+,17-11-. The van der Waals surface area contributed by atoms with Crippen LogP contribution in [0.5, 0.6) is 0 Å². The number of hydrogen-bond acceptors (Lipinski definition) is 1. The second kappa shape index (κ2) is 7.42. The van der Waals surface area contributed by atoms with Gasteiger partial charge in [0.1, 0.15) is 5.60 Å². The molecule has 0 radical (unpaired) electrons. The van der Waals surface area contributed by atoms with Gasteiger partial charge in [0.05, 0.1) is 6.61 Å². The Hall–Kier alpha value is -0.603. The first-order chi connectivity index (χ1) is 9.26. The minimum atomic E-state index is -0.943. The van der Waals surface area contributed by atoms with E-state index in [0.29, 0.717) is 0 Å². The summed E-state index contributed by atoms with van der Waals surface area (Å²) >= 11 is 0. The highest BCUT2D eigenvalue weighted by molar-refractivity contribution is 6.76. The first-order valence-electron chi connectivity index (χ1n) is 7.85. The monoisotopic (exact) mass is 292 g/mol. The minimum Gasteiger partial charge on any atom is -0.365 e. The molecule has 0 aliphatic carbocycles. The van der Waals surface area contributed by atoms with Gasteiger partial charge in [0.15, 0.2) is 0 Å². The molecule has 1 saturated heterocycles. The van der Waals surface area contributed by atoms with Crippen molar-refractivity contribution in [1.29, 1.82) is 0 Å². The summed E-state index contributed by atoms with van der Waals surface area (Å²) in [5.74, 6) is 0. The Labute approximate surface area is 126 Å². The molecule has 1 unspecified atom stereocenters. The van der Waals surface area contributed by atoms with E-state index in [9.17, 15) is 0 Å². The molecule has 1 nitrogen and oxygen atoms in total. The Balaban J connectivity index is 2.23. The summed E-state index contributed by atoms with van der Waals surface area (Å²) in [6.07, 6.45) is 11.3. The van der Waals surface area contributed by atoms with Crippen LogP contribution in [0.25, 0.3) is 0 Å². The lowest BCUT2D eigenvalue weighted by Gasteiger charge is -2.15. The lowest BCUT2D eigenvalue weighted by molar-refractivity contribution is 0.338. The van der Waals surface area contributed by atoms with Crippen molar-refractivity contribution in [3.05, 3.63) is 36.0 Å². The van der Waals surface area contributed by atoms with Gasteiger partial charge in [-0.3, -0.25) is 0 Å².